The van der Waals surface area contributed by atoms with Crippen LogP contribution in [0.5, 0.6) is 0 Å². The smallest absolute Gasteiger partial charge is 0.191 e. The summed E-state index contributed by atoms with van der Waals surface area (Å²) in [5, 5.41) is 13.4. The molecule has 0 aliphatic heterocycles. The Bertz CT molecular complexity index is 980. The number of thioether (sulfide) groups is 1. The Morgan fingerprint density at radius 3 is 2.69 bits per heavy atom. The van der Waals surface area contributed by atoms with Crippen molar-refractivity contribution in [2.75, 3.05) is 5.75 Å². The van der Waals surface area contributed by atoms with Crippen molar-refractivity contribution in [3.8, 4) is 5.82 Å². The van der Waals surface area contributed by atoms with Crippen LogP contribution < -0.4 is 0 Å². The van der Waals surface area contributed by atoms with E-state index in [1.807, 2.05) is 49.1 Å². The molecule has 0 bridgehead atoms. The van der Waals surface area contributed by atoms with E-state index < -0.39 is 0 Å². The summed E-state index contributed by atoms with van der Waals surface area (Å²) in [6.45, 7) is 5.75. The number of Topliss-reactive ketones (excluding diaryl/α,β-unsaturated/α-hetero) is 1. The van der Waals surface area contributed by atoms with Crippen LogP contribution in [0.25, 0.3) is 5.82 Å². The molecule has 3 aromatic heterocycles. The Morgan fingerprint density at radius 2 is 2.04 bits per heavy atom. The quantitative estimate of drug-likeness (QED) is 0.488. The Balaban J connectivity index is 1.52. The van der Waals surface area contributed by atoms with Crippen LogP contribution in [0, 0.1) is 20.8 Å². The summed E-state index contributed by atoms with van der Waals surface area (Å²) >= 11 is 1.44. The van der Waals surface area contributed by atoms with Crippen LogP contribution in [-0.4, -0.2) is 36.0 Å². The van der Waals surface area contributed by atoms with Crippen LogP contribution in [0.2, 0.25) is 0 Å². The van der Waals surface area contributed by atoms with Crippen LogP contribution in [0.1, 0.15) is 52.1 Å². The minimum absolute atomic E-state index is 0.0746. The first-order valence-electron chi connectivity index (χ1n) is 8.63. The highest BCUT2D eigenvalue weighted by molar-refractivity contribution is 7.99. The fourth-order valence-corrected chi connectivity index (χ4v) is 4.01. The van der Waals surface area contributed by atoms with Crippen LogP contribution in [0.3, 0.4) is 0 Å². The van der Waals surface area contributed by atoms with Crippen molar-refractivity contribution in [2.24, 2.45) is 7.05 Å². The molecule has 7 nitrogen and oxygen atoms in total. The molecule has 3 heterocycles. The van der Waals surface area contributed by atoms with Gasteiger partial charge in [0.1, 0.15) is 11.6 Å². The van der Waals surface area contributed by atoms with Crippen molar-refractivity contribution in [1.82, 2.24) is 24.5 Å². The van der Waals surface area contributed by atoms with Gasteiger partial charge in [0.05, 0.1) is 5.75 Å². The molecule has 0 N–H and O–H groups in total. The van der Waals surface area contributed by atoms with Gasteiger partial charge in [-0.1, -0.05) is 16.9 Å². The molecule has 26 heavy (non-hydrogen) atoms. The summed E-state index contributed by atoms with van der Waals surface area (Å²) in [4.78, 5) is 12.8. The molecule has 1 aliphatic rings. The molecule has 136 valence electrons. The number of ketones is 1. The van der Waals surface area contributed by atoms with Gasteiger partial charge in [-0.3, -0.25) is 9.36 Å². The van der Waals surface area contributed by atoms with Gasteiger partial charge in [0, 0.05) is 36.0 Å². The van der Waals surface area contributed by atoms with Gasteiger partial charge in [-0.25, -0.2) is 0 Å². The van der Waals surface area contributed by atoms with E-state index in [-0.39, 0.29) is 5.78 Å². The molecule has 0 radical (unpaired) electrons. The molecule has 1 aliphatic carbocycles. The first-order valence-corrected chi connectivity index (χ1v) is 9.62. The lowest BCUT2D eigenvalue weighted by molar-refractivity contribution is 0.102. The van der Waals surface area contributed by atoms with Crippen LogP contribution >= 0.6 is 11.8 Å². The maximum Gasteiger partial charge on any atom is 0.191 e. The SMILES string of the molecule is Cc1cc(-n2c(C)cc(C(=O)CSc3nnc(C4CC4)n3C)c2C)no1. The first-order chi connectivity index (χ1) is 12.5. The molecule has 0 aromatic carbocycles. The summed E-state index contributed by atoms with van der Waals surface area (Å²) in [5.41, 5.74) is 2.54. The number of hydrogen-bond acceptors (Lipinski definition) is 6. The van der Waals surface area contributed by atoms with E-state index in [1.54, 1.807) is 0 Å². The lowest BCUT2D eigenvalue weighted by atomic mass is 10.2. The highest BCUT2D eigenvalue weighted by atomic mass is 32.2. The molecule has 4 rings (SSSR count). The lowest BCUT2D eigenvalue weighted by Crippen LogP contribution is -2.07. The monoisotopic (exact) mass is 371 g/mol. The van der Waals surface area contributed by atoms with Crippen molar-refractivity contribution in [3.05, 3.63) is 40.7 Å². The zero-order valence-corrected chi connectivity index (χ0v) is 16.1. The van der Waals surface area contributed by atoms with Crippen LogP contribution in [-0.2, 0) is 7.05 Å². The Labute approximate surface area is 155 Å². The second-order valence-corrected chi connectivity index (χ2v) is 7.74. The molecule has 1 saturated carbocycles. The van der Waals surface area contributed by atoms with Gasteiger partial charge in [-0.15, -0.1) is 10.2 Å². The summed E-state index contributed by atoms with van der Waals surface area (Å²) in [6.07, 6.45) is 2.37. The third kappa shape index (κ3) is 2.98. The van der Waals surface area contributed by atoms with E-state index in [9.17, 15) is 4.79 Å². The summed E-state index contributed by atoms with van der Waals surface area (Å²) in [6, 6.07) is 3.77. The van der Waals surface area contributed by atoms with Gasteiger partial charge in [-0.05, 0) is 39.7 Å². The van der Waals surface area contributed by atoms with E-state index in [1.165, 1.54) is 24.6 Å². The van der Waals surface area contributed by atoms with Gasteiger partial charge < -0.3 is 9.09 Å². The number of hydrogen-bond donors (Lipinski definition) is 0. The molecule has 0 unspecified atom stereocenters. The predicted molar refractivity (Wildman–Crippen MR) is 98.1 cm³/mol. The molecular weight excluding hydrogens is 350 g/mol. The maximum absolute atomic E-state index is 12.8. The minimum atomic E-state index is 0.0746. The second kappa shape index (κ2) is 6.42. The lowest BCUT2D eigenvalue weighted by Gasteiger charge is -2.05. The number of carbonyl (C=O) groups is 1. The second-order valence-electron chi connectivity index (χ2n) is 6.80. The normalized spacial score (nSPS) is 14.2. The van der Waals surface area contributed by atoms with Gasteiger partial charge >= 0.3 is 0 Å². The molecule has 0 spiro atoms. The zero-order valence-electron chi connectivity index (χ0n) is 15.3. The number of rotatable bonds is 6. The fraction of sp³-hybridized carbons (Fsp3) is 0.444. The van der Waals surface area contributed by atoms with Crippen molar-refractivity contribution in [3.63, 3.8) is 0 Å². The average Bonchev–Trinajstić information content (AvgIpc) is 3.15. The standard InChI is InChI=1S/C18H21N5O2S/c1-10-7-14(12(3)23(10)16-8-11(2)25-21-16)15(24)9-26-18-20-19-17(22(18)4)13-5-6-13/h7-8,13H,5-6,9H2,1-4H3. The van der Waals surface area contributed by atoms with Crippen LogP contribution in [0.4, 0.5) is 0 Å². The number of carbonyl (C=O) groups excluding carboxylic acids is 1. The van der Waals surface area contributed by atoms with Gasteiger partial charge in [-0.2, -0.15) is 0 Å². The van der Waals surface area contributed by atoms with Gasteiger partial charge in [0.25, 0.3) is 0 Å². The summed E-state index contributed by atoms with van der Waals surface area (Å²) in [5.74, 6) is 3.42. The molecule has 8 heteroatoms. The molecule has 3 aromatic rings. The van der Waals surface area contributed by atoms with Crippen molar-refractivity contribution in [1.29, 1.82) is 0 Å². The zero-order chi connectivity index (χ0) is 18.4. The Kier molecular flexibility index (Phi) is 4.22. The highest BCUT2D eigenvalue weighted by Gasteiger charge is 2.29. The first kappa shape index (κ1) is 17.1. The predicted octanol–water partition coefficient (Wildman–Crippen LogP) is 3.37. The third-order valence-corrected chi connectivity index (χ3v) is 5.74. The van der Waals surface area contributed by atoms with E-state index >= 15 is 0 Å². The molecule has 0 saturated heterocycles. The topological polar surface area (TPSA) is 78.7 Å². The fourth-order valence-electron chi connectivity index (χ4n) is 3.21. The molecule has 0 atom stereocenters. The summed E-state index contributed by atoms with van der Waals surface area (Å²) in [7, 11) is 1.97. The van der Waals surface area contributed by atoms with Crippen molar-refractivity contribution < 1.29 is 9.32 Å². The number of aromatic nitrogens is 5. The molecule has 1 fully saturated rings. The van der Waals surface area contributed by atoms with Gasteiger partial charge in [0.15, 0.2) is 16.8 Å². The minimum Gasteiger partial charge on any atom is -0.360 e. The van der Waals surface area contributed by atoms with E-state index in [4.69, 9.17) is 4.52 Å². The largest absolute Gasteiger partial charge is 0.360 e. The van der Waals surface area contributed by atoms with Crippen LogP contribution in [0.15, 0.2) is 21.8 Å². The average molecular weight is 371 g/mol. The molecule has 0 amide bonds. The summed E-state index contributed by atoms with van der Waals surface area (Å²) < 4.78 is 9.12. The van der Waals surface area contributed by atoms with E-state index in [0.29, 0.717) is 23.1 Å². The maximum atomic E-state index is 12.8. The highest BCUT2D eigenvalue weighted by Crippen LogP contribution is 2.39. The van der Waals surface area contributed by atoms with E-state index in [2.05, 4.69) is 15.4 Å². The van der Waals surface area contributed by atoms with Crippen molar-refractivity contribution in [2.45, 2.75) is 44.7 Å². The number of nitrogens with zero attached hydrogens (tertiary/aromatic N) is 5. The third-order valence-electron chi connectivity index (χ3n) is 4.72. The van der Waals surface area contributed by atoms with Gasteiger partial charge in [0.2, 0.25) is 0 Å². The molecular formula is C18H21N5O2S. The van der Waals surface area contributed by atoms with E-state index in [0.717, 1.165) is 28.1 Å². The Hall–Kier alpha value is -2.35. The Morgan fingerprint density at radius 1 is 1.27 bits per heavy atom. The van der Waals surface area contributed by atoms with Crippen molar-refractivity contribution >= 4 is 17.5 Å². The number of aryl methyl sites for hydroxylation is 2.